The zero-order valence-electron chi connectivity index (χ0n) is 18.0. The van der Waals surface area contributed by atoms with Crippen molar-refractivity contribution < 1.29 is 39.9 Å². The van der Waals surface area contributed by atoms with Crippen molar-refractivity contribution in [2.45, 2.75) is 25.3 Å². The van der Waals surface area contributed by atoms with E-state index >= 15 is 0 Å². The molecule has 184 valence electrons. The third-order valence-electron chi connectivity index (χ3n) is 5.37. The predicted molar refractivity (Wildman–Crippen MR) is 117 cm³/mol. The monoisotopic (exact) mass is 515 g/mol. The van der Waals surface area contributed by atoms with E-state index in [1.807, 2.05) is 5.32 Å². The van der Waals surface area contributed by atoms with Gasteiger partial charge in [0, 0.05) is 37.6 Å². The highest BCUT2D eigenvalue weighted by molar-refractivity contribution is 6.27. The third-order valence-corrected chi connectivity index (χ3v) is 6.92. The van der Waals surface area contributed by atoms with Gasteiger partial charge in [-0.2, -0.15) is 26.3 Å². The van der Waals surface area contributed by atoms with E-state index in [2.05, 4.69) is 0 Å². The summed E-state index contributed by atoms with van der Waals surface area (Å²) in [6, 6.07) is 10.1. The van der Waals surface area contributed by atoms with Crippen LogP contribution in [-0.2, 0) is 0 Å². The molecule has 4 rings (SSSR count). The van der Waals surface area contributed by atoms with Crippen LogP contribution in [-0.4, -0.2) is 28.0 Å². The van der Waals surface area contributed by atoms with Gasteiger partial charge in [-0.1, -0.05) is 24.3 Å². The molecule has 0 aromatic heterocycles. The Kier molecular flexibility index (Phi) is 6.47. The highest BCUT2D eigenvalue weighted by Crippen LogP contribution is 2.40. The highest BCUT2D eigenvalue weighted by atomic mass is 28.2. The van der Waals surface area contributed by atoms with Crippen LogP contribution in [0.1, 0.15) is 16.7 Å². The lowest BCUT2D eigenvalue weighted by atomic mass is 9.90. The molecule has 1 aliphatic rings. The molecule has 0 bridgehead atoms. The molecule has 0 radical (unpaired) electrons. The number of benzene rings is 3. The van der Waals surface area contributed by atoms with E-state index in [1.165, 1.54) is 6.07 Å². The molecule has 11 heteroatoms. The SMILES string of the molecule is Cc1ccccc1C1=c2cc(F)/c(=[SiH]\CC(F)(F)F)cc2Oc2cc(NCC(F)(F)F)c(F)cc21. The summed E-state index contributed by atoms with van der Waals surface area (Å²) in [7, 11) is -1.49. The van der Waals surface area contributed by atoms with Crippen molar-refractivity contribution in [1.82, 2.24) is 0 Å². The summed E-state index contributed by atoms with van der Waals surface area (Å²) in [6.07, 6.45) is -9.05. The van der Waals surface area contributed by atoms with E-state index in [0.29, 0.717) is 11.1 Å². The van der Waals surface area contributed by atoms with Gasteiger partial charge in [0.05, 0.1) is 5.69 Å². The van der Waals surface area contributed by atoms with Crippen LogP contribution < -0.4 is 15.3 Å². The Bertz CT molecular complexity index is 1410. The number of halogens is 8. The first-order valence-corrected chi connectivity index (χ1v) is 11.7. The number of fused-ring (bicyclic) bond motifs is 2. The van der Waals surface area contributed by atoms with Gasteiger partial charge in [-0.3, -0.25) is 0 Å². The van der Waals surface area contributed by atoms with Gasteiger partial charge < -0.3 is 10.1 Å². The number of rotatable bonds is 4. The lowest BCUT2D eigenvalue weighted by molar-refractivity contribution is -0.115. The van der Waals surface area contributed by atoms with E-state index in [9.17, 15) is 35.1 Å². The third kappa shape index (κ3) is 5.55. The minimum Gasteiger partial charge on any atom is -0.456 e. The number of hydrogen-bond acceptors (Lipinski definition) is 2. The fraction of sp³-hybridized carbons (Fsp3) is 0.208. The molecule has 1 N–H and O–H groups in total. The molecule has 0 spiro atoms. The Morgan fingerprint density at radius 3 is 2.20 bits per heavy atom. The largest absolute Gasteiger partial charge is 0.456 e. The molecule has 1 aliphatic heterocycles. The molecule has 3 aromatic rings. The average Bonchev–Trinajstić information content (AvgIpc) is 2.75. The fourth-order valence-corrected chi connectivity index (χ4v) is 4.80. The van der Waals surface area contributed by atoms with Crippen molar-refractivity contribution in [2.75, 3.05) is 11.9 Å². The van der Waals surface area contributed by atoms with Crippen molar-refractivity contribution in [3.63, 3.8) is 0 Å². The lowest BCUT2D eigenvalue weighted by Crippen LogP contribution is -2.22. The van der Waals surface area contributed by atoms with Crippen molar-refractivity contribution in [2.24, 2.45) is 0 Å². The van der Waals surface area contributed by atoms with Crippen molar-refractivity contribution in [1.29, 1.82) is 0 Å². The van der Waals surface area contributed by atoms with Gasteiger partial charge in [0.15, 0.2) is 0 Å². The summed E-state index contributed by atoms with van der Waals surface area (Å²) in [5, 5.41) is 2.18. The topological polar surface area (TPSA) is 21.3 Å². The van der Waals surface area contributed by atoms with Gasteiger partial charge in [0.1, 0.15) is 29.7 Å². The zero-order chi connectivity index (χ0) is 25.5. The molecule has 3 aromatic carbocycles. The Hall–Kier alpha value is -3.21. The number of nitrogens with one attached hydrogen (secondary N) is 1. The molecule has 0 amide bonds. The van der Waals surface area contributed by atoms with E-state index < -0.39 is 51.4 Å². The zero-order valence-corrected chi connectivity index (χ0v) is 19.2. The smallest absolute Gasteiger partial charge is 0.405 e. The molecule has 0 atom stereocenters. The van der Waals surface area contributed by atoms with Gasteiger partial charge >= 0.3 is 12.4 Å². The Labute approximate surface area is 196 Å². The number of alkyl halides is 6. The lowest BCUT2D eigenvalue weighted by Gasteiger charge is -2.23. The number of hydrogen-bond donors (Lipinski definition) is 1. The van der Waals surface area contributed by atoms with Crippen molar-refractivity contribution in [3.8, 4) is 11.5 Å². The molecule has 2 nitrogen and oxygen atoms in total. The van der Waals surface area contributed by atoms with E-state index in [-0.39, 0.29) is 27.1 Å². The number of anilines is 1. The summed E-state index contributed by atoms with van der Waals surface area (Å²) in [5.41, 5.74) is 1.41. The Balaban J connectivity index is 1.96. The van der Waals surface area contributed by atoms with Gasteiger partial charge in [0.2, 0.25) is 0 Å². The summed E-state index contributed by atoms with van der Waals surface area (Å²) < 4.78 is 112. The fourth-order valence-electron chi connectivity index (χ4n) is 3.80. The van der Waals surface area contributed by atoms with Crippen LogP contribution >= 0.6 is 0 Å². The summed E-state index contributed by atoms with van der Waals surface area (Å²) in [6.45, 7) is 0.286. The first kappa shape index (κ1) is 24.9. The van der Waals surface area contributed by atoms with E-state index in [4.69, 9.17) is 4.74 Å². The second-order valence-electron chi connectivity index (χ2n) is 7.98. The minimum atomic E-state index is -4.60. The van der Waals surface area contributed by atoms with Crippen LogP contribution in [0.5, 0.6) is 11.5 Å². The summed E-state index contributed by atoms with van der Waals surface area (Å²) in [5.74, 6) is -1.79. The second-order valence-corrected chi connectivity index (χ2v) is 9.42. The molecular formula is C24H17F8NOSi. The van der Waals surface area contributed by atoms with Crippen LogP contribution in [0.25, 0.3) is 5.57 Å². The highest BCUT2D eigenvalue weighted by Gasteiger charge is 2.29. The molecule has 1 heterocycles. The molecular weight excluding hydrogens is 498 g/mol. The van der Waals surface area contributed by atoms with Crippen LogP contribution in [0.3, 0.4) is 0 Å². The predicted octanol–water partition coefficient (Wildman–Crippen LogP) is 6.27. The van der Waals surface area contributed by atoms with Crippen LogP contribution in [0.15, 0.2) is 48.5 Å². The molecule has 0 saturated heterocycles. The van der Waals surface area contributed by atoms with Crippen LogP contribution in [0.4, 0.5) is 40.8 Å². The molecule has 0 unspecified atom stereocenters. The maximum absolute atomic E-state index is 14.9. The van der Waals surface area contributed by atoms with Crippen LogP contribution in [0.2, 0.25) is 6.04 Å². The number of ether oxygens (including phenoxy) is 1. The van der Waals surface area contributed by atoms with E-state index in [1.54, 1.807) is 31.2 Å². The van der Waals surface area contributed by atoms with Gasteiger partial charge in [-0.05, 0) is 41.1 Å². The van der Waals surface area contributed by atoms with E-state index in [0.717, 1.165) is 23.8 Å². The number of aryl methyl sites for hydroxylation is 1. The summed E-state index contributed by atoms with van der Waals surface area (Å²) >= 11 is 0. The second kappa shape index (κ2) is 9.10. The molecule has 35 heavy (non-hydrogen) atoms. The van der Waals surface area contributed by atoms with Crippen LogP contribution in [0, 0.1) is 23.4 Å². The maximum Gasteiger partial charge on any atom is 0.405 e. The maximum atomic E-state index is 14.9. The average molecular weight is 515 g/mol. The quantitative estimate of drug-likeness (QED) is 0.256. The van der Waals surface area contributed by atoms with Crippen molar-refractivity contribution in [3.05, 3.63) is 86.9 Å². The minimum absolute atomic E-state index is 0.00907. The van der Waals surface area contributed by atoms with Crippen molar-refractivity contribution >= 4 is 20.4 Å². The molecule has 0 saturated carbocycles. The van der Waals surface area contributed by atoms with Gasteiger partial charge in [-0.25, -0.2) is 8.78 Å². The normalized spacial score (nSPS) is 13.9. The summed E-state index contributed by atoms with van der Waals surface area (Å²) in [4.78, 5) is -0.147. The first-order chi connectivity index (χ1) is 16.3. The van der Waals surface area contributed by atoms with Gasteiger partial charge in [0.25, 0.3) is 0 Å². The Morgan fingerprint density at radius 2 is 1.54 bits per heavy atom. The Morgan fingerprint density at radius 1 is 0.829 bits per heavy atom. The molecule has 0 aliphatic carbocycles. The standard InChI is InChI=1S/C24H17F8NOSi/c1-12-4-2-3-5-13(12)22-14-6-16(25)18(33-10-23(27,28)29)8-19(14)34-20-9-21(17(26)7-15(20)22)35-11-24(30,31)32/h2-9,33,35H,10-11H2,1H3/b35-21-. The first-order valence-electron chi connectivity index (χ1n) is 10.3. The molecule has 0 fully saturated rings. The van der Waals surface area contributed by atoms with Gasteiger partial charge in [-0.15, -0.1) is 0 Å².